The largest absolute Gasteiger partial charge is 0.472 e. The second-order valence-electron chi connectivity index (χ2n) is 5.93. The third kappa shape index (κ3) is 5.20. The van der Waals surface area contributed by atoms with Gasteiger partial charge in [0.15, 0.2) is 0 Å². The summed E-state index contributed by atoms with van der Waals surface area (Å²) in [5.41, 5.74) is 0. The monoisotopic (exact) mass is 372 g/mol. The molecule has 1 rings (SSSR count). The number of phosphoric ester groups is 1. The molecule has 10 heteroatoms. The second kappa shape index (κ2) is 9.56. The van der Waals surface area contributed by atoms with Crippen molar-refractivity contribution in [3.8, 4) is 0 Å². The van der Waals surface area contributed by atoms with Gasteiger partial charge in [-0.2, -0.15) is 0 Å². The van der Waals surface area contributed by atoms with E-state index in [4.69, 9.17) is 23.3 Å². The average molecular weight is 372 g/mol. The molecule has 1 aliphatic carbocycles. The average Bonchev–Trinajstić information content (AvgIpc) is 2.56. The van der Waals surface area contributed by atoms with Crippen LogP contribution in [0.5, 0.6) is 0 Å². The SMILES string of the molecule is CCC(C)COP(=O)(O)OC1C(O)C(OC)C(OC)C(OC)C1O. The van der Waals surface area contributed by atoms with Gasteiger partial charge in [0.2, 0.25) is 0 Å². The van der Waals surface area contributed by atoms with Crippen molar-refractivity contribution in [1.29, 1.82) is 0 Å². The topological polar surface area (TPSA) is 124 Å². The summed E-state index contributed by atoms with van der Waals surface area (Å²) in [7, 11) is -0.399. The van der Waals surface area contributed by atoms with Crippen molar-refractivity contribution in [2.75, 3.05) is 27.9 Å². The van der Waals surface area contributed by atoms with Gasteiger partial charge < -0.3 is 29.3 Å². The number of aliphatic hydroxyl groups excluding tert-OH is 2. The number of hydrogen-bond acceptors (Lipinski definition) is 8. The van der Waals surface area contributed by atoms with E-state index >= 15 is 0 Å². The quantitative estimate of drug-likeness (QED) is 0.491. The van der Waals surface area contributed by atoms with Crippen molar-refractivity contribution >= 4 is 7.82 Å². The molecule has 6 unspecified atom stereocenters. The van der Waals surface area contributed by atoms with Gasteiger partial charge in [0.25, 0.3) is 0 Å². The molecular weight excluding hydrogens is 343 g/mol. The van der Waals surface area contributed by atoms with E-state index in [2.05, 4.69) is 0 Å². The molecule has 0 bridgehead atoms. The maximum atomic E-state index is 12.1. The van der Waals surface area contributed by atoms with Gasteiger partial charge in [-0.05, 0) is 5.92 Å². The van der Waals surface area contributed by atoms with E-state index < -0.39 is 44.4 Å². The highest BCUT2D eigenvalue weighted by atomic mass is 31.2. The van der Waals surface area contributed by atoms with Crippen LogP contribution in [0.3, 0.4) is 0 Å². The molecule has 0 radical (unpaired) electrons. The molecule has 24 heavy (non-hydrogen) atoms. The summed E-state index contributed by atoms with van der Waals surface area (Å²) in [6.07, 6.45) is -6.08. The van der Waals surface area contributed by atoms with E-state index in [1.807, 2.05) is 13.8 Å². The van der Waals surface area contributed by atoms with Crippen LogP contribution < -0.4 is 0 Å². The Morgan fingerprint density at radius 1 is 0.958 bits per heavy atom. The molecule has 3 N–H and O–H groups in total. The summed E-state index contributed by atoms with van der Waals surface area (Å²) in [6.45, 7) is 3.80. The summed E-state index contributed by atoms with van der Waals surface area (Å²) >= 11 is 0. The molecule has 6 atom stereocenters. The molecule has 9 nitrogen and oxygen atoms in total. The van der Waals surface area contributed by atoms with Gasteiger partial charge in [-0.25, -0.2) is 4.57 Å². The lowest BCUT2D eigenvalue weighted by molar-refractivity contribution is -0.238. The highest BCUT2D eigenvalue weighted by molar-refractivity contribution is 7.47. The van der Waals surface area contributed by atoms with E-state index in [0.29, 0.717) is 0 Å². The molecule has 0 aromatic heterocycles. The Balaban J connectivity index is 2.90. The van der Waals surface area contributed by atoms with Crippen LogP contribution in [0.2, 0.25) is 0 Å². The van der Waals surface area contributed by atoms with E-state index in [-0.39, 0.29) is 12.5 Å². The first-order valence-electron chi connectivity index (χ1n) is 7.82. The third-order valence-electron chi connectivity index (χ3n) is 4.28. The highest BCUT2D eigenvalue weighted by Gasteiger charge is 2.53. The smallest absolute Gasteiger partial charge is 0.387 e. The highest BCUT2D eigenvalue weighted by Crippen LogP contribution is 2.47. The van der Waals surface area contributed by atoms with Crippen molar-refractivity contribution in [2.45, 2.75) is 56.9 Å². The molecule has 0 aliphatic heterocycles. The van der Waals surface area contributed by atoms with Crippen molar-refractivity contribution in [1.82, 2.24) is 0 Å². The first kappa shape index (κ1) is 22.0. The molecule has 1 aliphatic rings. The molecule has 0 aromatic rings. The van der Waals surface area contributed by atoms with E-state index in [9.17, 15) is 19.7 Å². The molecule has 1 saturated carbocycles. The molecule has 0 heterocycles. The standard InChI is InChI=1S/C14H29O9P/c1-6-8(2)7-22-24(17,18)23-11-9(15)12(19-3)14(21-5)13(20-4)10(11)16/h8-16H,6-7H2,1-5H3,(H,17,18). The van der Waals surface area contributed by atoms with Crippen LogP contribution in [0.4, 0.5) is 0 Å². The Hall–Kier alpha value is -0.0900. The zero-order valence-electron chi connectivity index (χ0n) is 14.7. The van der Waals surface area contributed by atoms with Gasteiger partial charge in [0.05, 0.1) is 6.61 Å². The fourth-order valence-electron chi connectivity index (χ4n) is 2.62. The summed E-state index contributed by atoms with van der Waals surface area (Å²) in [5.74, 6) is 0.0617. The second-order valence-corrected chi connectivity index (χ2v) is 7.34. The summed E-state index contributed by atoms with van der Waals surface area (Å²) < 4.78 is 37.7. The van der Waals surface area contributed by atoms with E-state index in [1.54, 1.807) is 0 Å². The number of hydrogen-bond donors (Lipinski definition) is 3. The minimum atomic E-state index is -4.48. The maximum Gasteiger partial charge on any atom is 0.472 e. The Morgan fingerprint density at radius 3 is 1.79 bits per heavy atom. The van der Waals surface area contributed by atoms with Crippen molar-refractivity contribution in [3.63, 3.8) is 0 Å². The lowest BCUT2D eigenvalue weighted by Gasteiger charge is -2.45. The number of ether oxygens (including phenoxy) is 3. The van der Waals surface area contributed by atoms with Crippen LogP contribution in [-0.2, 0) is 27.8 Å². The van der Waals surface area contributed by atoms with Crippen molar-refractivity contribution < 1.29 is 42.9 Å². The maximum absolute atomic E-state index is 12.1. The van der Waals surface area contributed by atoms with E-state index in [1.165, 1.54) is 21.3 Å². The number of aliphatic hydroxyl groups is 2. The van der Waals surface area contributed by atoms with Gasteiger partial charge in [-0.3, -0.25) is 9.05 Å². The Bertz CT molecular complexity index is 403. The van der Waals surface area contributed by atoms with Gasteiger partial charge in [-0.15, -0.1) is 0 Å². The van der Waals surface area contributed by atoms with Crippen molar-refractivity contribution in [2.24, 2.45) is 5.92 Å². The first-order valence-corrected chi connectivity index (χ1v) is 9.32. The Labute approximate surface area is 142 Å². The van der Waals surface area contributed by atoms with Crippen LogP contribution in [0.25, 0.3) is 0 Å². The van der Waals surface area contributed by atoms with Gasteiger partial charge >= 0.3 is 7.82 Å². The summed E-state index contributed by atoms with van der Waals surface area (Å²) in [6, 6.07) is 0. The fourth-order valence-corrected chi connectivity index (χ4v) is 3.68. The molecule has 0 spiro atoms. The van der Waals surface area contributed by atoms with Gasteiger partial charge in [-0.1, -0.05) is 20.3 Å². The lowest BCUT2D eigenvalue weighted by atomic mass is 9.84. The Kier molecular flexibility index (Phi) is 8.75. The molecule has 144 valence electrons. The number of phosphoric acid groups is 1. The van der Waals surface area contributed by atoms with Crippen LogP contribution in [0.15, 0.2) is 0 Å². The zero-order valence-corrected chi connectivity index (χ0v) is 15.6. The molecule has 0 amide bonds. The van der Waals surface area contributed by atoms with Gasteiger partial charge in [0.1, 0.15) is 36.6 Å². The van der Waals surface area contributed by atoms with Crippen molar-refractivity contribution in [3.05, 3.63) is 0 Å². The minimum Gasteiger partial charge on any atom is -0.387 e. The number of methoxy groups -OCH3 is 3. The lowest BCUT2D eigenvalue weighted by Crippen LogP contribution is -2.65. The van der Waals surface area contributed by atoms with Gasteiger partial charge in [0, 0.05) is 21.3 Å². The molecule has 0 aromatic carbocycles. The number of rotatable bonds is 9. The summed E-state index contributed by atoms with van der Waals surface area (Å²) in [4.78, 5) is 9.86. The normalized spacial score (nSPS) is 37.8. The van der Waals surface area contributed by atoms with E-state index in [0.717, 1.165) is 6.42 Å². The third-order valence-corrected chi connectivity index (χ3v) is 5.27. The predicted molar refractivity (Wildman–Crippen MR) is 84.5 cm³/mol. The minimum absolute atomic E-state index is 0.0191. The first-order chi connectivity index (χ1) is 11.2. The Morgan fingerprint density at radius 2 is 1.42 bits per heavy atom. The predicted octanol–water partition coefficient (Wildman–Crippen LogP) is 0.315. The summed E-state index contributed by atoms with van der Waals surface area (Å²) in [5, 5.41) is 20.7. The van der Waals surface area contributed by atoms with Crippen LogP contribution in [0, 0.1) is 5.92 Å². The van der Waals surface area contributed by atoms with Crippen LogP contribution in [-0.4, -0.2) is 79.7 Å². The molecule has 1 fully saturated rings. The fraction of sp³-hybridized carbons (Fsp3) is 1.00. The molecular formula is C14H29O9P. The molecule has 0 saturated heterocycles. The van der Waals surface area contributed by atoms with Crippen LogP contribution in [0.1, 0.15) is 20.3 Å². The van der Waals surface area contributed by atoms with Crippen LogP contribution >= 0.6 is 7.82 Å². The zero-order chi connectivity index (χ0) is 18.5.